The van der Waals surface area contributed by atoms with Crippen LogP contribution in [-0.2, 0) is 11.8 Å². The van der Waals surface area contributed by atoms with Crippen LogP contribution >= 0.6 is 0 Å². The Labute approximate surface area is 179 Å². The average Bonchev–Trinajstić information content (AvgIpc) is 3.33. The number of H-pyrrole nitrogens is 1. The maximum absolute atomic E-state index is 13.1. The molecule has 2 fully saturated rings. The number of hydrogen-bond acceptors (Lipinski definition) is 7. The number of anilines is 1. The predicted molar refractivity (Wildman–Crippen MR) is 117 cm³/mol. The molecule has 0 radical (unpaired) electrons. The van der Waals surface area contributed by atoms with E-state index in [1.165, 1.54) is 0 Å². The fraction of sp³-hybridized carbons (Fsp3) is 0.455. The zero-order valence-corrected chi connectivity index (χ0v) is 17.6. The van der Waals surface area contributed by atoms with Crippen molar-refractivity contribution >= 4 is 17.0 Å². The van der Waals surface area contributed by atoms with Gasteiger partial charge < -0.3 is 15.4 Å². The lowest BCUT2D eigenvalue weighted by Crippen LogP contribution is -2.51. The molecule has 0 amide bonds. The minimum absolute atomic E-state index is 0.0165. The third-order valence-electron chi connectivity index (χ3n) is 6.67. The normalized spacial score (nSPS) is 22.6. The van der Waals surface area contributed by atoms with Gasteiger partial charge in [0.25, 0.3) is 5.56 Å². The van der Waals surface area contributed by atoms with Crippen LogP contribution in [0.25, 0.3) is 11.0 Å². The van der Waals surface area contributed by atoms with E-state index in [0.29, 0.717) is 29.3 Å². The summed E-state index contributed by atoms with van der Waals surface area (Å²) in [4.78, 5) is 24.0. The highest BCUT2D eigenvalue weighted by Crippen LogP contribution is 2.41. The number of nitrogens with two attached hydrogens (primary N) is 1. The van der Waals surface area contributed by atoms with Crippen molar-refractivity contribution in [3.8, 4) is 11.8 Å². The Morgan fingerprint density at radius 2 is 2.00 bits per heavy atom. The van der Waals surface area contributed by atoms with Gasteiger partial charge in [-0.25, -0.2) is 0 Å². The molecule has 0 aliphatic carbocycles. The Morgan fingerprint density at radius 3 is 2.68 bits per heavy atom. The molecule has 2 aliphatic heterocycles. The van der Waals surface area contributed by atoms with E-state index in [-0.39, 0.29) is 23.1 Å². The molecule has 5 heterocycles. The number of nitrogens with zero attached hydrogens (tertiary/aromatic N) is 5. The van der Waals surface area contributed by atoms with Gasteiger partial charge in [-0.05, 0) is 37.8 Å². The largest absolute Gasteiger partial charge is 0.376 e. The maximum atomic E-state index is 13.1. The quantitative estimate of drug-likeness (QED) is 0.560. The van der Waals surface area contributed by atoms with E-state index in [1.54, 1.807) is 24.0 Å². The number of piperidine rings is 1. The number of rotatable bonds is 1. The number of ether oxygens (including phenoxy) is 1. The first-order valence-corrected chi connectivity index (χ1v) is 10.5. The Balaban J connectivity index is 1.44. The van der Waals surface area contributed by atoms with Gasteiger partial charge >= 0.3 is 0 Å². The SMILES string of the molecule is C[C@@H]1OCC2(CCN(c3nc4[nH]nc(C#Cc5ccncc5)c4c(=O)n3C)CC2)[C@@H]1N. The maximum Gasteiger partial charge on any atom is 0.267 e. The van der Waals surface area contributed by atoms with Crippen LogP contribution in [0.15, 0.2) is 29.3 Å². The Hall–Kier alpha value is -3.22. The van der Waals surface area contributed by atoms with Crippen molar-refractivity contribution in [2.45, 2.75) is 31.9 Å². The Bertz CT molecular complexity index is 1230. The van der Waals surface area contributed by atoms with Crippen LogP contribution in [-0.4, -0.2) is 56.6 Å². The fourth-order valence-electron chi connectivity index (χ4n) is 4.61. The smallest absolute Gasteiger partial charge is 0.267 e. The molecule has 5 rings (SSSR count). The average molecular weight is 419 g/mol. The first kappa shape index (κ1) is 19.7. The number of fused-ring (bicyclic) bond motifs is 1. The van der Waals surface area contributed by atoms with Gasteiger partial charge in [0.15, 0.2) is 11.3 Å². The molecule has 0 aromatic carbocycles. The van der Waals surface area contributed by atoms with Crippen molar-refractivity contribution in [2.24, 2.45) is 18.2 Å². The molecule has 31 heavy (non-hydrogen) atoms. The van der Waals surface area contributed by atoms with Crippen molar-refractivity contribution in [1.82, 2.24) is 24.7 Å². The van der Waals surface area contributed by atoms with Crippen molar-refractivity contribution in [1.29, 1.82) is 0 Å². The number of hydrogen-bond donors (Lipinski definition) is 2. The second kappa shape index (κ2) is 7.48. The summed E-state index contributed by atoms with van der Waals surface area (Å²) in [7, 11) is 1.74. The fourth-order valence-corrected chi connectivity index (χ4v) is 4.61. The molecule has 0 unspecified atom stereocenters. The number of aromatic nitrogens is 5. The first-order chi connectivity index (χ1) is 15.0. The standard InChI is InChI=1S/C22H25N7O2/c1-14-18(23)22(13-31-14)7-11-29(12-8-22)21-25-19-17(20(30)28(21)2)16(26-27-19)4-3-15-5-9-24-10-6-15/h5-6,9-10,14,18H,7-8,11-13,23H2,1-2H3,(H,26,27)/t14-,18+/m0/s1. The minimum Gasteiger partial charge on any atom is -0.376 e. The van der Waals surface area contributed by atoms with Gasteiger partial charge in [0.05, 0.1) is 12.7 Å². The van der Waals surface area contributed by atoms with Crippen molar-refractivity contribution in [2.75, 3.05) is 24.6 Å². The molecule has 2 saturated heterocycles. The Morgan fingerprint density at radius 1 is 1.26 bits per heavy atom. The minimum atomic E-state index is -0.164. The second-order valence-corrected chi connectivity index (χ2v) is 8.45. The molecule has 1 spiro atoms. The molecular formula is C22H25N7O2. The summed E-state index contributed by atoms with van der Waals surface area (Å²) in [5.74, 6) is 6.62. The highest BCUT2D eigenvalue weighted by molar-refractivity contribution is 5.81. The molecule has 3 N–H and O–H groups in total. The first-order valence-electron chi connectivity index (χ1n) is 10.5. The van der Waals surface area contributed by atoms with Gasteiger partial charge in [0.2, 0.25) is 5.95 Å². The number of nitrogens with one attached hydrogen (secondary N) is 1. The molecule has 9 nitrogen and oxygen atoms in total. The highest BCUT2D eigenvalue weighted by atomic mass is 16.5. The van der Waals surface area contributed by atoms with Crippen molar-refractivity contribution < 1.29 is 4.74 Å². The third-order valence-corrected chi connectivity index (χ3v) is 6.67. The van der Waals surface area contributed by atoms with Crippen LogP contribution in [0.3, 0.4) is 0 Å². The summed E-state index contributed by atoms with van der Waals surface area (Å²) in [5, 5.41) is 7.51. The Kier molecular flexibility index (Phi) is 4.76. The van der Waals surface area contributed by atoms with Crippen LogP contribution < -0.4 is 16.2 Å². The number of pyridine rings is 1. The van der Waals surface area contributed by atoms with Crippen LogP contribution in [0.5, 0.6) is 0 Å². The highest BCUT2D eigenvalue weighted by Gasteiger charge is 2.47. The van der Waals surface area contributed by atoms with Crippen LogP contribution in [0.4, 0.5) is 5.95 Å². The van der Waals surface area contributed by atoms with Crippen molar-refractivity contribution in [3.63, 3.8) is 0 Å². The van der Waals surface area contributed by atoms with Gasteiger partial charge in [-0.15, -0.1) is 0 Å². The molecule has 3 aromatic heterocycles. The topological polar surface area (TPSA) is 115 Å². The van der Waals surface area contributed by atoms with Gasteiger partial charge in [-0.3, -0.25) is 19.4 Å². The molecule has 9 heteroatoms. The molecule has 0 bridgehead atoms. The zero-order valence-electron chi connectivity index (χ0n) is 17.6. The lowest BCUT2D eigenvalue weighted by molar-refractivity contribution is 0.0973. The van der Waals surface area contributed by atoms with E-state index >= 15 is 0 Å². The van der Waals surface area contributed by atoms with E-state index in [9.17, 15) is 4.79 Å². The van der Waals surface area contributed by atoms with Crippen molar-refractivity contribution in [3.05, 3.63) is 46.1 Å². The van der Waals surface area contributed by atoms with Gasteiger partial charge in [0.1, 0.15) is 5.39 Å². The summed E-state index contributed by atoms with van der Waals surface area (Å²) in [6.07, 6.45) is 5.26. The lowest BCUT2D eigenvalue weighted by Gasteiger charge is -2.41. The lowest BCUT2D eigenvalue weighted by atomic mass is 9.73. The van der Waals surface area contributed by atoms with E-state index < -0.39 is 0 Å². The zero-order chi connectivity index (χ0) is 21.6. The predicted octanol–water partition coefficient (Wildman–Crippen LogP) is 0.784. The third kappa shape index (κ3) is 3.28. The van der Waals surface area contributed by atoms with Gasteiger partial charge in [0, 0.05) is 49.6 Å². The molecule has 0 saturated carbocycles. The van der Waals surface area contributed by atoms with E-state index in [4.69, 9.17) is 15.5 Å². The van der Waals surface area contributed by atoms with Gasteiger partial charge in [-0.1, -0.05) is 5.92 Å². The van der Waals surface area contributed by atoms with E-state index in [1.807, 2.05) is 19.1 Å². The molecule has 160 valence electrons. The summed E-state index contributed by atoms with van der Waals surface area (Å²) < 4.78 is 7.40. The molecule has 2 atom stereocenters. The van der Waals surface area contributed by atoms with Crippen LogP contribution in [0.1, 0.15) is 31.0 Å². The summed E-state index contributed by atoms with van der Waals surface area (Å²) in [6, 6.07) is 3.66. The summed E-state index contributed by atoms with van der Waals surface area (Å²) >= 11 is 0. The second-order valence-electron chi connectivity index (χ2n) is 8.45. The molecule has 3 aromatic rings. The summed E-state index contributed by atoms with van der Waals surface area (Å²) in [5.41, 5.74) is 7.93. The summed E-state index contributed by atoms with van der Waals surface area (Å²) in [6.45, 7) is 4.30. The van der Waals surface area contributed by atoms with Gasteiger partial charge in [-0.2, -0.15) is 10.1 Å². The number of aromatic amines is 1. The van der Waals surface area contributed by atoms with E-state index in [2.05, 4.69) is 31.9 Å². The van der Waals surface area contributed by atoms with Crippen LogP contribution in [0.2, 0.25) is 0 Å². The monoisotopic (exact) mass is 419 g/mol. The van der Waals surface area contributed by atoms with E-state index in [0.717, 1.165) is 31.5 Å². The molecule has 2 aliphatic rings. The van der Waals surface area contributed by atoms with Crippen LogP contribution in [0, 0.1) is 17.3 Å². The molecular weight excluding hydrogens is 394 g/mol.